The highest BCUT2D eigenvalue weighted by Crippen LogP contribution is 2.34. The van der Waals surface area contributed by atoms with Crippen LogP contribution in [-0.4, -0.2) is 29.3 Å². The van der Waals surface area contributed by atoms with E-state index in [9.17, 15) is 13.2 Å². The van der Waals surface area contributed by atoms with E-state index in [0.29, 0.717) is 22.5 Å². The molecule has 0 radical (unpaired) electrons. The molecule has 0 spiro atoms. The van der Waals surface area contributed by atoms with Crippen molar-refractivity contribution >= 4 is 22.8 Å². The van der Waals surface area contributed by atoms with E-state index in [4.69, 9.17) is 11.5 Å². The number of fused-ring (bicyclic) bond motifs is 1. The van der Waals surface area contributed by atoms with Gasteiger partial charge in [0, 0.05) is 18.1 Å². The molecule has 0 saturated carbocycles. The highest BCUT2D eigenvalue weighted by atomic mass is 19.4. The Morgan fingerprint density at radius 2 is 1.93 bits per heavy atom. The predicted octanol–water partition coefficient (Wildman–Crippen LogP) is 2.24. The minimum absolute atomic E-state index is 0.00281. The lowest BCUT2D eigenvalue weighted by Gasteiger charge is -2.12. The normalized spacial score (nSPS) is 12.0. The predicted molar refractivity (Wildman–Crippen MR) is 91.8 cm³/mol. The second-order valence-corrected chi connectivity index (χ2v) is 5.82. The van der Waals surface area contributed by atoms with Crippen molar-refractivity contribution in [1.29, 1.82) is 0 Å². The van der Waals surface area contributed by atoms with E-state index >= 15 is 0 Å². The smallest absolute Gasteiger partial charge is 0.398 e. The lowest BCUT2D eigenvalue weighted by Crippen LogP contribution is -2.11. The highest BCUT2D eigenvalue weighted by molar-refractivity contribution is 5.79. The van der Waals surface area contributed by atoms with Gasteiger partial charge in [-0.2, -0.15) is 28.2 Å². The van der Waals surface area contributed by atoms with Crippen LogP contribution in [0.1, 0.15) is 11.1 Å². The first kappa shape index (κ1) is 16.8. The number of nitrogens with two attached hydrogens (primary N) is 2. The summed E-state index contributed by atoms with van der Waals surface area (Å²) in [5.74, 6) is 0.387. The van der Waals surface area contributed by atoms with Crippen molar-refractivity contribution in [3.63, 3.8) is 0 Å². The van der Waals surface area contributed by atoms with Crippen molar-refractivity contribution in [2.75, 3.05) is 11.5 Å². The molecule has 0 saturated heterocycles. The van der Waals surface area contributed by atoms with E-state index < -0.39 is 11.7 Å². The Morgan fingerprint density at radius 1 is 1.11 bits per heavy atom. The summed E-state index contributed by atoms with van der Waals surface area (Å²) < 4.78 is 42.3. The molecule has 3 aromatic heterocycles. The standard InChI is InChI=1S/C16H13F3N8/c17-16(18,19)10-6-9(2-3-11(10)20)7-26-8-22-12-13(26)24-15(21)25-14(12)27-5-1-4-23-27/h1-6,8H,7,20H2,(H2,21,24,25). The van der Waals surface area contributed by atoms with Gasteiger partial charge >= 0.3 is 6.18 Å². The number of anilines is 2. The minimum Gasteiger partial charge on any atom is -0.398 e. The van der Waals surface area contributed by atoms with Crippen LogP contribution in [0.3, 0.4) is 0 Å². The molecule has 0 aliphatic rings. The summed E-state index contributed by atoms with van der Waals surface area (Å²) in [6, 6.07) is 5.49. The average molecular weight is 374 g/mol. The second-order valence-electron chi connectivity index (χ2n) is 5.82. The number of nitrogen functional groups attached to an aromatic ring is 2. The molecule has 11 heteroatoms. The number of rotatable bonds is 3. The largest absolute Gasteiger partial charge is 0.418 e. The first-order valence-corrected chi connectivity index (χ1v) is 7.77. The fourth-order valence-electron chi connectivity index (χ4n) is 2.76. The van der Waals surface area contributed by atoms with Crippen LogP contribution in [0, 0.1) is 0 Å². The van der Waals surface area contributed by atoms with Gasteiger partial charge in [-0.3, -0.25) is 0 Å². The number of imidazole rings is 1. The molecule has 4 N–H and O–H groups in total. The number of benzene rings is 1. The quantitative estimate of drug-likeness (QED) is 0.532. The van der Waals surface area contributed by atoms with Gasteiger partial charge in [-0.15, -0.1) is 0 Å². The molecule has 8 nitrogen and oxygen atoms in total. The van der Waals surface area contributed by atoms with Crippen LogP contribution in [0.15, 0.2) is 43.0 Å². The van der Waals surface area contributed by atoms with Gasteiger partial charge in [-0.1, -0.05) is 6.07 Å². The van der Waals surface area contributed by atoms with Crippen molar-refractivity contribution in [3.05, 3.63) is 54.1 Å². The molecule has 3 heterocycles. The minimum atomic E-state index is -4.53. The maximum Gasteiger partial charge on any atom is 0.418 e. The van der Waals surface area contributed by atoms with Crippen LogP contribution in [0.5, 0.6) is 0 Å². The third-order valence-corrected chi connectivity index (χ3v) is 3.96. The van der Waals surface area contributed by atoms with Crippen molar-refractivity contribution in [2.45, 2.75) is 12.7 Å². The van der Waals surface area contributed by atoms with Gasteiger partial charge in [0.25, 0.3) is 0 Å². The first-order chi connectivity index (χ1) is 12.8. The summed E-state index contributed by atoms with van der Waals surface area (Å²) in [5, 5.41) is 4.10. The van der Waals surface area contributed by atoms with Gasteiger partial charge in [0.2, 0.25) is 5.95 Å². The van der Waals surface area contributed by atoms with Gasteiger partial charge in [0.15, 0.2) is 17.0 Å². The molecule has 0 atom stereocenters. The zero-order valence-electron chi connectivity index (χ0n) is 13.7. The maximum absolute atomic E-state index is 13.1. The summed E-state index contributed by atoms with van der Waals surface area (Å²) in [5.41, 5.74) is 11.2. The fraction of sp³-hybridized carbons (Fsp3) is 0.125. The van der Waals surface area contributed by atoms with E-state index in [0.717, 1.165) is 6.07 Å². The Kier molecular flexibility index (Phi) is 3.72. The SMILES string of the molecule is Nc1nc(-n2cccn2)c2ncn(Cc3ccc(N)c(C(F)(F)F)c3)c2n1. The molecule has 0 fully saturated rings. The Hall–Kier alpha value is -3.63. The zero-order valence-corrected chi connectivity index (χ0v) is 13.7. The third-order valence-electron chi connectivity index (χ3n) is 3.96. The van der Waals surface area contributed by atoms with E-state index in [2.05, 4.69) is 20.1 Å². The third kappa shape index (κ3) is 3.03. The van der Waals surface area contributed by atoms with Crippen LogP contribution in [0.25, 0.3) is 17.0 Å². The summed E-state index contributed by atoms with van der Waals surface area (Å²) >= 11 is 0. The van der Waals surface area contributed by atoms with Crippen molar-refractivity contribution in [1.82, 2.24) is 29.3 Å². The van der Waals surface area contributed by atoms with Crippen LogP contribution in [-0.2, 0) is 12.7 Å². The van der Waals surface area contributed by atoms with Gasteiger partial charge in [0.1, 0.15) is 0 Å². The van der Waals surface area contributed by atoms with E-state index in [1.54, 1.807) is 23.0 Å². The molecular weight excluding hydrogens is 361 g/mol. The number of hydrogen-bond donors (Lipinski definition) is 2. The van der Waals surface area contributed by atoms with Gasteiger partial charge in [0.05, 0.1) is 18.4 Å². The van der Waals surface area contributed by atoms with Crippen molar-refractivity contribution in [3.8, 4) is 5.82 Å². The van der Waals surface area contributed by atoms with E-state index in [-0.39, 0.29) is 18.2 Å². The van der Waals surface area contributed by atoms with Crippen LogP contribution in [0.4, 0.5) is 24.8 Å². The maximum atomic E-state index is 13.1. The number of halogens is 3. The molecule has 0 aliphatic carbocycles. The fourth-order valence-corrected chi connectivity index (χ4v) is 2.76. The molecule has 138 valence electrons. The molecule has 4 rings (SSSR count). The summed E-state index contributed by atoms with van der Waals surface area (Å²) in [7, 11) is 0. The number of hydrogen-bond acceptors (Lipinski definition) is 6. The summed E-state index contributed by atoms with van der Waals surface area (Å²) in [6.07, 6.45) is 0.191. The Balaban J connectivity index is 1.78. The van der Waals surface area contributed by atoms with Crippen LogP contribution < -0.4 is 11.5 Å². The lowest BCUT2D eigenvalue weighted by molar-refractivity contribution is -0.136. The number of alkyl halides is 3. The molecule has 27 heavy (non-hydrogen) atoms. The topological polar surface area (TPSA) is 113 Å². The van der Waals surface area contributed by atoms with Gasteiger partial charge in [-0.25, -0.2) is 9.67 Å². The Labute approximate surface area is 150 Å². The van der Waals surface area contributed by atoms with Crippen LogP contribution in [0.2, 0.25) is 0 Å². The molecule has 1 aromatic carbocycles. The number of nitrogens with zero attached hydrogens (tertiary/aromatic N) is 6. The molecule has 4 aromatic rings. The van der Waals surface area contributed by atoms with Crippen molar-refractivity contribution < 1.29 is 13.2 Å². The summed E-state index contributed by atoms with van der Waals surface area (Å²) in [4.78, 5) is 12.6. The average Bonchev–Trinajstić information content (AvgIpc) is 3.25. The molecular formula is C16H13F3N8. The molecule has 0 unspecified atom stereocenters. The monoisotopic (exact) mass is 374 g/mol. The van der Waals surface area contributed by atoms with Gasteiger partial charge < -0.3 is 16.0 Å². The van der Waals surface area contributed by atoms with E-state index in [1.807, 2.05) is 0 Å². The zero-order chi connectivity index (χ0) is 19.2. The lowest BCUT2D eigenvalue weighted by atomic mass is 10.1. The molecule has 0 amide bonds. The Morgan fingerprint density at radius 3 is 2.63 bits per heavy atom. The molecule has 0 aliphatic heterocycles. The highest BCUT2D eigenvalue weighted by Gasteiger charge is 2.33. The molecule has 0 bridgehead atoms. The Bertz CT molecular complexity index is 1110. The number of aromatic nitrogens is 6. The first-order valence-electron chi connectivity index (χ1n) is 7.77. The second kappa shape index (κ2) is 5.97. The van der Waals surface area contributed by atoms with Crippen molar-refractivity contribution in [2.24, 2.45) is 0 Å². The van der Waals surface area contributed by atoms with Gasteiger partial charge in [-0.05, 0) is 23.8 Å². The van der Waals surface area contributed by atoms with E-state index in [1.165, 1.54) is 23.1 Å². The van der Waals surface area contributed by atoms with Crippen LogP contribution >= 0.6 is 0 Å². The summed E-state index contributed by atoms with van der Waals surface area (Å²) in [6.45, 7) is 0.106.